The fourth-order valence-corrected chi connectivity index (χ4v) is 5.57. The number of aromatic nitrogens is 3. The molecule has 1 unspecified atom stereocenters. The number of hydrogen-bond acceptors (Lipinski definition) is 8. The number of aryl methyl sites for hydroxylation is 1. The van der Waals surface area contributed by atoms with Gasteiger partial charge in [-0.2, -0.15) is 0 Å². The molecule has 36 heavy (non-hydrogen) atoms. The van der Waals surface area contributed by atoms with E-state index in [1.807, 2.05) is 17.9 Å². The van der Waals surface area contributed by atoms with Crippen molar-refractivity contribution in [2.24, 2.45) is 0 Å². The average Bonchev–Trinajstić information content (AvgIpc) is 3.34. The molecule has 1 aliphatic heterocycles. The van der Waals surface area contributed by atoms with Gasteiger partial charge in [0.25, 0.3) is 0 Å². The highest BCUT2D eigenvalue weighted by molar-refractivity contribution is 7.15. The van der Waals surface area contributed by atoms with Crippen molar-refractivity contribution in [1.29, 1.82) is 0 Å². The summed E-state index contributed by atoms with van der Waals surface area (Å²) in [6.45, 7) is 6.59. The minimum absolute atomic E-state index is 0.0101. The van der Waals surface area contributed by atoms with Gasteiger partial charge in [-0.1, -0.05) is 24.3 Å². The van der Waals surface area contributed by atoms with Gasteiger partial charge in [-0.25, -0.2) is 15.0 Å². The molecule has 1 amide bonds. The van der Waals surface area contributed by atoms with Crippen LogP contribution in [0.1, 0.15) is 29.2 Å². The van der Waals surface area contributed by atoms with Crippen molar-refractivity contribution in [1.82, 2.24) is 25.2 Å². The molecule has 4 heterocycles. The number of nitrogens with zero attached hydrogens (tertiary/aromatic N) is 5. The van der Waals surface area contributed by atoms with Crippen LogP contribution in [0, 0.1) is 6.92 Å². The Hall–Kier alpha value is -3.56. The summed E-state index contributed by atoms with van der Waals surface area (Å²) in [5.74, 6) is 2.24. The van der Waals surface area contributed by atoms with Crippen LogP contribution in [0.25, 0.3) is 21.3 Å². The summed E-state index contributed by atoms with van der Waals surface area (Å²) in [4.78, 5) is 32.4. The third-order valence-electron chi connectivity index (χ3n) is 6.22. The van der Waals surface area contributed by atoms with E-state index in [4.69, 9.17) is 4.98 Å². The van der Waals surface area contributed by atoms with Crippen LogP contribution < -0.4 is 15.5 Å². The number of carbonyl (C=O) groups is 1. The van der Waals surface area contributed by atoms with E-state index in [1.54, 1.807) is 17.5 Å². The zero-order chi connectivity index (χ0) is 25.2. The van der Waals surface area contributed by atoms with E-state index in [1.165, 1.54) is 20.9 Å². The molecule has 2 N–H and O–H groups in total. The topological polar surface area (TPSA) is 86.3 Å². The lowest BCUT2D eigenvalue weighted by atomic mass is 10.1. The first-order valence-corrected chi connectivity index (χ1v) is 12.9. The second kappa shape index (κ2) is 10.2. The monoisotopic (exact) mass is 501 g/mol. The second-order valence-electron chi connectivity index (χ2n) is 9.41. The minimum Gasteiger partial charge on any atom is -0.362 e. The van der Waals surface area contributed by atoms with Crippen LogP contribution in [0.3, 0.4) is 0 Å². The average molecular weight is 502 g/mol. The van der Waals surface area contributed by atoms with E-state index in [2.05, 4.69) is 82.9 Å². The minimum atomic E-state index is 0.0101. The number of fused-ring (bicyclic) bond motifs is 1. The predicted octanol–water partition coefficient (Wildman–Crippen LogP) is 4.23. The quantitative estimate of drug-likeness (QED) is 0.392. The first kappa shape index (κ1) is 24.1. The predicted molar refractivity (Wildman–Crippen MR) is 146 cm³/mol. The van der Waals surface area contributed by atoms with Gasteiger partial charge in [-0.05, 0) is 57.3 Å². The van der Waals surface area contributed by atoms with Gasteiger partial charge in [-0.3, -0.25) is 4.79 Å². The van der Waals surface area contributed by atoms with Gasteiger partial charge in [0.05, 0.1) is 24.3 Å². The van der Waals surface area contributed by atoms with Gasteiger partial charge in [0.15, 0.2) is 0 Å². The first-order chi connectivity index (χ1) is 17.4. The van der Waals surface area contributed by atoms with Crippen LogP contribution >= 0.6 is 11.3 Å². The molecule has 4 aromatic rings. The lowest BCUT2D eigenvalue weighted by molar-refractivity contribution is -0.120. The standard InChI is InChI=1S/C27H31N7OS/c1-17(23-9-10-24(36-23)20-8-6-5-7-19(20)15-33(3)4)30-27-21-13-25(34-12-11-28-26(35)16-34)29-14-22(21)31-18(2)32-27/h5-10,13-14,17H,11-12,15-16H2,1-4H3,(H,28,35)(H,30,31,32). The van der Waals surface area contributed by atoms with Crippen LogP contribution in [0.5, 0.6) is 0 Å². The number of pyridine rings is 1. The van der Waals surface area contributed by atoms with Crippen molar-refractivity contribution in [2.75, 3.05) is 43.9 Å². The molecule has 0 radical (unpaired) electrons. The second-order valence-corrected chi connectivity index (χ2v) is 10.5. The highest BCUT2D eigenvalue weighted by atomic mass is 32.1. The Kier molecular flexibility index (Phi) is 6.84. The van der Waals surface area contributed by atoms with Crippen LogP contribution in [-0.2, 0) is 11.3 Å². The maximum Gasteiger partial charge on any atom is 0.239 e. The number of anilines is 2. The molecule has 0 bridgehead atoms. The van der Waals surface area contributed by atoms with Crippen molar-refractivity contribution >= 4 is 39.8 Å². The number of piperazine rings is 1. The Labute approximate surface area is 215 Å². The third-order valence-corrected chi connectivity index (χ3v) is 7.52. The molecule has 9 heteroatoms. The van der Waals surface area contributed by atoms with Crippen LogP contribution in [0.2, 0.25) is 0 Å². The molecule has 0 aliphatic carbocycles. The number of benzene rings is 1. The first-order valence-electron chi connectivity index (χ1n) is 12.1. The van der Waals surface area contributed by atoms with Gasteiger partial charge in [0.2, 0.25) is 5.91 Å². The van der Waals surface area contributed by atoms with Crippen LogP contribution in [-0.4, -0.2) is 59.5 Å². The van der Waals surface area contributed by atoms with Gasteiger partial charge in [0.1, 0.15) is 17.5 Å². The van der Waals surface area contributed by atoms with Crippen molar-refractivity contribution in [3.63, 3.8) is 0 Å². The summed E-state index contributed by atoms with van der Waals surface area (Å²) in [7, 11) is 4.19. The normalized spacial score (nSPS) is 14.8. The number of rotatable bonds is 7. The molecule has 3 aromatic heterocycles. The zero-order valence-corrected chi connectivity index (χ0v) is 21.9. The maximum atomic E-state index is 11.9. The Balaban J connectivity index is 1.43. The molecule has 1 atom stereocenters. The summed E-state index contributed by atoms with van der Waals surface area (Å²) >= 11 is 1.80. The number of nitrogens with one attached hydrogen (secondary N) is 2. The Morgan fingerprint density at radius 2 is 2.03 bits per heavy atom. The molecule has 5 rings (SSSR count). The Morgan fingerprint density at radius 3 is 2.83 bits per heavy atom. The Bertz CT molecular complexity index is 1400. The molecule has 0 saturated carbocycles. The van der Waals surface area contributed by atoms with E-state index >= 15 is 0 Å². The fraction of sp³-hybridized carbons (Fsp3) is 0.333. The van der Waals surface area contributed by atoms with Crippen molar-refractivity contribution in [3.05, 3.63) is 64.9 Å². The maximum absolute atomic E-state index is 11.9. The van der Waals surface area contributed by atoms with Gasteiger partial charge in [0, 0.05) is 34.8 Å². The number of amides is 1. The summed E-state index contributed by atoms with van der Waals surface area (Å²) < 4.78 is 0. The van der Waals surface area contributed by atoms with Crippen molar-refractivity contribution in [2.45, 2.75) is 26.4 Å². The van der Waals surface area contributed by atoms with E-state index in [9.17, 15) is 4.79 Å². The highest BCUT2D eigenvalue weighted by Crippen LogP contribution is 2.35. The van der Waals surface area contributed by atoms with Gasteiger partial charge >= 0.3 is 0 Å². The third kappa shape index (κ3) is 5.17. The number of carbonyl (C=O) groups excluding carboxylic acids is 1. The lowest BCUT2D eigenvalue weighted by Crippen LogP contribution is -2.48. The molecule has 1 aliphatic rings. The smallest absolute Gasteiger partial charge is 0.239 e. The largest absolute Gasteiger partial charge is 0.362 e. The van der Waals surface area contributed by atoms with E-state index in [0.717, 1.165) is 35.6 Å². The summed E-state index contributed by atoms with van der Waals surface area (Å²) in [6, 6.07) is 15.0. The van der Waals surface area contributed by atoms with E-state index in [0.29, 0.717) is 18.9 Å². The molecule has 0 spiro atoms. The molecule has 8 nitrogen and oxygen atoms in total. The van der Waals surface area contributed by atoms with Gasteiger partial charge < -0.3 is 20.4 Å². The SMILES string of the molecule is Cc1nc(NC(C)c2ccc(-c3ccccc3CN(C)C)s2)c2cc(N3CCNC(=O)C3)ncc2n1. The fourth-order valence-electron chi connectivity index (χ4n) is 4.50. The van der Waals surface area contributed by atoms with Crippen molar-refractivity contribution in [3.8, 4) is 10.4 Å². The van der Waals surface area contributed by atoms with E-state index in [-0.39, 0.29) is 11.9 Å². The summed E-state index contributed by atoms with van der Waals surface area (Å²) in [6.07, 6.45) is 1.77. The molecule has 1 saturated heterocycles. The number of hydrogen-bond donors (Lipinski definition) is 2. The summed E-state index contributed by atoms with van der Waals surface area (Å²) in [5.41, 5.74) is 3.38. The molecule has 186 valence electrons. The summed E-state index contributed by atoms with van der Waals surface area (Å²) in [5, 5.41) is 7.38. The highest BCUT2D eigenvalue weighted by Gasteiger charge is 2.20. The van der Waals surface area contributed by atoms with Crippen LogP contribution in [0.15, 0.2) is 48.7 Å². The molecular formula is C27H31N7OS. The lowest BCUT2D eigenvalue weighted by Gasteiger charge is -2.27. The Morgan fingerprint density at radius 1 is 1.19 bits per heavy atom. The van der Waals surface area contributed by atoms with Gasteiger partial charge in [-0.15, -0.1) is 11.3 Å². The molecule has 1 aromatic carbocycles. The van der Waals surface area contributed by atoms with Crippen molar-refractivity contribution < 1.29 is 4.79 Å². The molecule has 1 fully saturated rings. The number of thiophene rings is 1. The van der Waals surface area contributed by atoms with E-state index < -0.39 is 0 Å². The van der Waals surface area contributed by atoms with Crippen LogP contribution in [0.4, 0.5) is 11.6 Å². The zero-order valence-electron chi connectivity index (χ0n) is 21.1. The molecular weight excluding hydrogens is 470 g/mol.